The zero-order valence-corrected chi connectivity index (χ0v) is 21.3. The van der Waals surface area contributed by atoms with E-state index in [0.717, 1.165) is 35.9 Å². The lowest BCUT2D eigenvalue weighted by Crippen LogP contribution is -2.47. The van der Waals surface area contributed by atoms with Crippen LogP contribution >= 0.6 is 11.6 Å². The lowest BCUT2D eigenvalue weighted by Gasteiger charge is -2.37. The fourth-order valence-electron chi connectivity index (χ4n) is 3.76. The SMILES string of the molecule is CCOC(=O)COc1cc(Oc2ccc(C(C)C(O)(c3ccc(=O)n(C)c3)C(F)(F)F)c(Cl)c2)ccc1F. The summed E-state index contributed by atoms with van der Waals surface area (Å²) in [5.41, 5.74) is -4.48. The number of carbonyl (C=O) groups is 1. The van der Waals surface area contributed by atoms with E-state index in [1.165, 1.54) is 37.4 Å². The van der Waals surface area contributed by atoms with Gasteiger partial charge in [0.15, 0.2) is 23.8 Å². The molecule has 7 nitrogen and oxygen atoms in total. The molecule has 0 aliphatic carbocycles. The van der Waals surface area contributed by atoms with Gasteiger partial charge >= 0.3 is 12.1 Å². The van der Waals surface area contributed by atoms with Gasteiger partial charge in [-0.15, -0.1) is 0 Å². The number of aromatic nitrogens is 1. The molecule has 12 heteroatoms. The van der Waals surface area contributed by atoms with Gasteiger partial charge in [-0.2, -0.15) is 13.2 Å². The Kier molecular flexibility index (Phi) is 8.73. The summed E-state index contributed by atoms with van der Waals surface area (Å²) in [7, 11) is 1.27. The number of carbonyl (C=O) groups excluding carboxylic acids is 1. The summed E-state index contributed by atoms with van der Waals surface area (Å²) in [6.45, 7) is 2.38. The second-order valence-corrected chi connectivity index (χ2v) is 8.73. The molecular weight excluding hydrogens is 534 g/mol. The van der Waals surface area contributed by atoms with Gasteiger partial charge in [-0.3, -0.25) is 4.79 Å². The standard InChI is InChI=1S/C26H24ClF4NO6/c1-4-36-24(34)14-37-22-12-18(7-9-21(22)28)38-17-6-8-19(20(27)11-17)15(2)25(35,26(29,30)31)16-5-10-23(33)32(3)13-16/h5-13,15,35H,4,14H2,1-3H3. The first kappa shape index (κ1) is 29.0. The predicted molar refractivity (Wildman–Crippen MR) is 130 cm³/mol. The van der Waals surface area contributed by atoms with Crippen molar-refractivity contribution in [2.75, 3.05) is 13.2 Å². The lowest BCUT2D eigenvalue weighted by molar-refractivity contribution is -0.274. The average Bonchev–Trinajstić information content (AvgIpc) is 2.84. The molecule has 2 atom stereocenters. The summed E-state index contributed by atoms with van der Waals surface area (Å²) < 4.78 is 73.1. The third kappa shape index (κ3) is 6.11. The highest BCUT2D eigenvalue weighted by atomic mass is 35.5. The predicted octanol–water partition coefficient (Wildman–Crippen LogP) is 5.47. The van der Waals surface area contributed by atoms with Gasteiger partial charge in [-0.1, -0.05) is 24.6 Å². The van der Waals surface area contributed by atoms with Gasteiger partial charge in [0.25, 0.3) is 0 Å². The maximum absolute atomic E-state index is 14.2. The number of pyridine rings is 1. The first-order valence-electron chi connectivity index (χ1n) is 11.3. The minimum atomic E-state index is -5.11. The molecule has 0 saturated carbocycles. The second kappa shape index (κ2) is 11.4. The van der Waals surface area contributed by atoms with Crippen LogP contribution in [0, 0.1) is 5.82 Å². The molecule has 204 valence electrons. The number of esters is 1. The molecule has 2 unspecified atom stereocenters. The normalized spacial score (nSPS) is 13.9. The van der Waals surface area contributed by atoms with Gasteiger partial charge < -0.3 is 23.9 Å². The number of alkyl halides is 3. The van der Waals surface area contributed by atoms with Crippen molar-refractivity contribution in [1.29, 1.82) is 0 Å². The highest BCUT2D eigenvalue weighted by Crippen LogP contribution is 2.50. The number of aryl methyl sites for hydroxylation is 1. The van der Waals surface area contributed by atoms with Gasteiger partial charge in [-0.05, 0) is 42.8 Å². The fraction of sp³-hybridized carbons (Fsp3) is 0.308. The smallest absolute Gasteiger partial charge is 0.422 e. The van der Waals surface area contributed by atoms with Crippen LogP contribution in [0.15, 0.2) is 59.5 Å². The van der Waals surface area contributed by atoms with Gasteiger partial charge in [0, 0.05) is 41.9 Å². The number of hydrogen-bond acceptors (Lipinski definition) is 6. The molecule has 0 spiro atoms. The van der Waals surface area contributed by atoms with E-state index in [9.17, 15) is 32.3 Å². The lowest BCUT2D eigenvalue weighted by atomic mass is 9.78. The number of benzene rings is 2. The Morgan fingerprint density at radius 3 is 2.37 bits per heavy atom. The van der Waals surface area contributed by atoms with E-state index in [-0.39, 0.29) is 34.4 Å². The third-order valence-electron chi connectivity index (χ3n) is 5.81. The summed E-state index contributed by atoms with van der Waals surface area (Å²) in [4.78, 5) is 23.1. The van der Waals surface area contributed by atoms with Crippen molar-refractivity contribution in [3.8, 4) is 17.2 Å². The molecule has 0 amide bonds. The van der Waals surface area contributed by atoms with Crippen LogP contribution in [0.25, 0.3) is 0 Å². The van der Waals surface area contributed by atoms with Crippen LogP contribution in [0.1, 0.15) is 30.9 Å². The Morgan fingerprint density at radius 2 is 1.76 bits per heavy atom. The Bertz CT molecular complexity index is 1380. The van der Waals surface area contributed by atoms with E-state index in [2.05, 4.69) is 0 Å². The Labute approximate surface area is 220 Å². The van der Waals surface area contributed by atoms with E-state index in [4.69, 9.17) is 25.8 Å². The molecule has 0 aliphatic rings. The van der Waals surface area contributed by atoms with Crippen molar-refractivity contribution in [2.45, 2.75) is 31.5 Å². The van der Waals surface area contributed by atoms with Gasteiger partial charge in [0.1, 0.15) is 11.5 Å². The number of hydrogen-bond donors (Lipinski definition) is 1. The zero-order chi connectivity index (χ0) is 28.3. The van der Waals surface area contributed by atoms with Crippen LogP contribution in [0.4, 0.5) is 17.6 Å². The van der Waals surface area contributed by atoms with E-state index < -0.39 is 47.2 Å². The molecule has 1 heterocycles. The molecule has 0 saturated heterocycles. The molecule has 1 aromatic heterocycles. The van der Waals surface area contributed by atoms with E-state index in [1.807, 2.05) is 0 Å². The molecular formula is C26H24ClF4NO6. The summed E-state index contributed by atoms with van der Waals surface area (Å²) in [6.07, 6.45) is -4.19. The maximum atomic E-state index is 14.2. The van der Waals surface area contributed by atoms with E-state index >= 15 is 0 Å². The molecule has 0 fully saturated rings. The van der Waals surface area contributed by atoms with Crippen LogP contribution in [-0.4, -0.2) is 35.0 Å². The number of rotatable bonds is 9. The quantitative estimate of drug-likeness (QED) is 0.277. The zero-order valence-electron chi connectivity index (χ0n) is 20.5. The van der Waals surface area contributed by atoms with Gasteiger partial charge in [0.05, 0.1) is 6.61 Å². The topological polar surface area (TPSA) is 87.0 Å². The Morgan fingerprint density at radius 1 is 1.11 bits per heavy atom. The third-order valence-corrected chi connectivity index (χ3v) is 6.14. The number of halogens is 5. The molecule has 38 heavy (non-hydrogen) atoms. The molecule has 3 aromatic rings. The number of nitrogens with zero attached hydrogens (tertiary/aromatic N) is 1. The van der Waals surface area contributed by atoms with Crippen molar-refractivity contribution < 1.29 is 41.7 Å². The van der Waals surface area contributed by atoms with Crippen molar-refractivity contribution >= 4 is 17.6 Å². The summed E-state index contributed by atoms with van der Waals surface area (Å²) in [5, 5.41) is 10.8. The largest absolute Gasteiger partial charge is 0.479 e. The molecule has 0 aliphatic heterocycles. The molecule has 0 bridgehead atoms. The maximum Gasteiger partial charge on any atom is 0.422 e. The van der Waals surface area contributed by atoms with Gasteiger partial charge in [-0.25, -0.2) is 9.18 Å². The van der Waals surface area contributed by atoms with Crippen LogP contribution in [0.5, 0.6) is 17.2 Å². The first-order chi connectivity index (χ1) is 17.8. The van der Waals surface area contributed by atoms with E-state index in [1.54, 1.807) is 6.92 Å². The molecule has 0 radical (unpaired) electrons. The highest BCUT2D eigenvalue weighted by Gasteiger charge is 2.59. The fourth-order valence-corrected chi connectivity index (χ4v) is 4.09. The van der Waals surface area contributed by atoms with Crippen LogP contribution in [0.2, 0.25) is 5.02 Å². The summed E-state index contributed by atoms with van der Waals surface area (Å²) >= 11 is 6.31. The van der Waals surface area contributed by atoms with Crippen molar-refractivity contribution in [2.24, 2.45) is 7.05 Å². The van der Waals surface area contributed by atoms with Crippen LogP contribution < -0.4 is 15.0 Å². The van der Waals surface area contributed by atoms with E-state index in [0.29, 0.717) is 0 Å². The minimum absolute atomic E-state index is 0.0368. The Balaban J connectivity index is 1.88. The van der Waals surface area contributed by atoms with Crippen molar-refractivity contribution in [3.05, 3.63) is 87.0 Å². The van der Waals surface area contributed by atoms with Crippen molar-refractivity contribution in [1.82, 2.24) is 4.57 Å². The van der Waals surface area contributed by atoms with Crippen molar-refractivity contribution in [3.63, 3.8) is 0 Å². The average molecular weight is 558 g/mol. The molecule has 3 rings (SSSR count). The molecule has 2 aromatic carbocycles. The summed E-state index contributed by atoms with van der Waals surface area (Å²) in [5.74, 6) is -3.11. The first-order valence-corrected chi connectivity index (χ1v) is 11.7. The number of aliphatic hydroxyl groups is 1. The monoisotopic (exact) mass is 557 g/mol. The Hall–Kier alpha value is -3.57. The summed E-state index contributed by atoms with van der Waals surface area (Å²) in [6, 6.07) is 9.21. The van der Waals surface area contributed by atoms with Crippen LogP contribution in [-0.2, 0) is 22.2 Å². The number of ether oxygens (including phenoxy) is 3. The second-order valence-electron chi connectivity index (χ2n) is 8.32. The van der Waals surface area contributed by atoms with Gasteiger partial charge in [0.2, 0.25) is 5.56 Å². The molecule has 1 N–H and O–H groups in total. The minimum Gasteiger partial charge on any atom is -0.479 e. The van der Waals surface area contributed by atoms with Crippen LogP contribution in [0.3, 0.4) is 0 Å². The highest BCUT2D eigenvalue weighted by molar-refractivity contribution is 6.31.